The van der Waals surface area contributed by atoms with Gasteiger partial charge >= 0.3 is 0 Å². The van der Waals surface area contributed by atoms with E-state index in [1.807, 2.05) is 24.4 Å². The highest BCUT2D eigenvalue weighted by Crippen LogP contribution is 2.17. The molecule has 2 aromatic rings. The van der Waals surface area contributed by atoms with Crippen LogP contribution in [-0.2, 0) is 6.42 Å². The summed E-state index contributed by atoms with van der Waals surface area (Å²) in [6, 6.07) is 14.5. The standard InChI is InChI=1S/C13H13N/c1-2-11-8-9-14-13(10-11)12-6-4-3-5-7-12/h3-10H,2H2,1H3. The van der Waals surface area contributed by atoms with E-state index < -0.39 is 0 Å². The average molecular weight is 183 g/mol. The average Bonchev–Trinajstić information content (AvgIpc) is 2.30. The monoisotopic (exact) mass is 183 g/mol. The molecule has 14 heavy (non-hydrogen) atoms. The van der Waals surface area contributed by atoms with Crippen molar-refractivity contribution in [3.63, 3.8) is 0 Å². The Morgan fingerprint density at radius 3 is 2.57 bits per heavy atom. The fraction of sp³-hybridized carbons (Fsp3) is 0.154. The molecule has 0 aliphatic carbocycles. The van der Waals surface area contributed by atoms with Crippen LogP contribution in [0.4, 0.5) is 0 Å². The third kappa shape index (κ3) is 1.82. The molecule has 0 saturated heterocycles. The largest absolute Gasteiger partial charge is 0.256 e. The number of aryl methyl sites for hydroxylation is 1. The van der Waals surface area contributed by atoms with Crippen molar-refractivity contribution in [1.29, 1.82) is 0 Å². The maximum Gasteiger partial charge on any atom is 0.0704 e. The van der Waals surface area contributed by atoms with Gasteiger partial charge in [0.25, 0.3) is 0 Å². The summed E-state index contributed by atoms with van der Waals surface area (Å²) in [5, 5.41) is 0. The van der Waals surface area contributed by atoms with E-state index in [-0.39, 0.29) is 0 Å². The minimum atomic E-state index is 1.06. The van der Waals surface area contributed by atoms with Crippen molar-refractivity contribution in [2.24, 2.45) is 0 Å². The minimum absolute atomic E-state index is 1.06. The van der Waals surface area contributed by atoms with Crippen molar-refractivity contribution < 1.29 is 0 Å². The molecule has 2 rings (SSSR count). The minimum Gasteiger partial charge on any atom is -0.256 e. The van der Waals surface area contributed by atoms with Gasteiger partial charge in [0.05, 0.1) is 5.69 Å². The van der Waals surface area contributed by atoms with Crippen molar-refractivity contribution in [3.05, 3.63) is 54.2 Å². The Morgan fingerprint density at radius 1 is 1.07 bits per heavy atom. The summed E-state index contributed by atoms with van der Waals surface area (Å²) in [5.41, 5.74) is 3.58. The van der Waals surface area contributed by atoms with Crippen LogP contribution in [0.25, 0.3) is 11.3 Å². The first-order valence-corrected chi connectivity index (χ1v) is 4.90. The third-order valence-corrected chi connectivity index (χ3v) is 2.30. The molecule has 0 fully saturated rings. The Hall–Kier alpha value is -1.63. The maximum atomic E-state index is 4.36. The zero-order chi connectivity index (χ0) is 9.80. The molecule has 0 aliphatic heterocycles. The van der Waals surface area contributed by atoms with Crippen LogP contribution in [0.3, 0.4) is 0 Å². The number of rotatable bonds is 2. The number of benzene rings is 1. The highest BCUT2D eigenvalue weighted by Gasteiger charge is 1.97. The number of pyridine rings is 1. The van der Waals surface area contributed by atoms with Gasteiger partial charge in [0.2, 0.25) is 0 Å². The summed E-state index contributed by atoms with van der Waals surface area (Å²) in [4.78, 5) is 4.36. The van der Waals surface area contributed by atoms with Crippen LogP contribution in [0.2, 0.25) is 0 Å². The lowest BCUT2D eigenvalue weighted by atomic mass is 10.1. The first-order valence-electron chi connectivity index (χ1n) is 4.90. The van der Waals surface area contributed by atoms with Gasteiger partial charge in [-0.25, -0.2) is 0 Å². The molecule has 0 N–H and O–H groups in total. The molecule has 0 unspecified atom stereocenters. The fourth-order valence-corrected chi connectivity index (χ4v) is 1.46. The quantitative estimate of drug-likeness (QED) is 0.696. The number of aromatic nitrogens is 1. The zero-order valence-corrected chi connectivity index (χ0v) is 8.27. The Balaban J connectivity index is 2.42. The van der Waals surface area contributed by atoms with Crippen LogP contribution in [0, 0.1) is 0 Å². The van der Waals surface area contributed by atoms with E-state index in [9.17, 15) is 0 Å². The zero-order valence-electron chi connectivity index (χ0n) is 8.27. The Kier molecular flexibility index (Phi) is 2.59. The molecule has 1 nitrogen and oxygen atoms in total. The number of hydrogen-bond donors (Lipinski definition) is 0. The van der Waals surface area contributed by atoms with E-state index >= 15 is 0 Å². The Morgan fingerprint density at radius 2 is 1.86 bits per heavy atom. The number of nitrogens with zero attached hydrogens (tertiary/aromatic N) is 1. The van der Waals surface area contributed by atoms with Gasteiger partial charge in [-0.3, -0.25) is 4.98 Å². The molecule has 1 aromatic heterocycles. The molecule has 0 bridgehead atoms. The van der Waals surface area contributed by atoms with Crippen LogP contribution >= 0.6 is 0 Å². The summed E-state index contributed by atoms with van der Waals surface area (Å²) in [6.45, 7) is 2.16. The molecule has 1 heteroatoms. The van der Waals surface area contributed by atoms with Crippen molar-refractivity contribution in [2.75, 3.05) is 0 Å². The molecule has 1 heterocycles. The van der Waals surface area contributed by atoms with Gasteiger partial charge in [0.1, 0.15) is 0 Å². The van der Waals surface area contributed by atoms with E-state index in [0.29, 0.717) is 0 Å². The van der Waals surface area contributed by atoms with Crippen molar-refractivity contribution >= 4 is 0 Å². The smallest absolute Gasteiger partial charge is 0.0704 e. The summed E-state index contributed by atoms with van der Waals surface area (Å²) in [7, 11) is 0. The Labute approximate surface area is 84.4 Å². The van der Waals surface area contributed by atoms with Crippen molar-refractivity contribution in [2.45, 2.75) is 13.3 Å². The third-order valence-electron chi connectivity index (χ3n) is 2.30. The van der Waals surface area contributed by atoms with Crippen molar-refractivity contribution in [3.8, 4) is 11.3 Å². The van der Waals surface area contributed by atoms with Crippen LogP contribution in [0.15, 0.2) is 48.7 Å². The second-order valence-corrected chi connectivity index (χ2v) is 3.27. The van der Waals surface area contributed by atoms with E-state index in [4.69, 9.17) is 0 Å². The summed E-state index contributed by atoms with van der Waals surface area (Å²) in [5.74, 6) is 0. The molecule has 0 spiro atoms. The first-order chi connectivity index (χ1) is 6.90. The molecule has 0 amide bonds. The van der Waals surface area contributed by atoms with Crippen LogP contribution in [0.5, 0.6) is 0 Å². The van der Waals surface area contributed by atoms with Gasteiger partial charge in [-0.05, 0) is 24.1 Å². The predicted octanol–water partition coefficient (Wildman–Crippen LogP) is 3.31. The van der Waals surface area contributed by atoms with E-state index in [0.717, 1.165) is 12.1 Å². The second-order valence-electron chi connectivity index (χ2n) is 3.27. The van der Waals surface area contributed by atoms with Gasteiger partial charge in [-0.2, -0.15) is 0 Å². The molecule has 0 radical (unpaired) electrons. The predicted molar refractivity (Wildman–Crippen MR) is 59.1 cm³/mol. The summed E-state index contributed by atoms with van der Waals surface area (Å²) < 4.78 is 0. The first kappa shape index (κ1) is 8.95. The van der Waals surface area contributed by atoms with Gasteiger partial charge < -0.3 is 0 Å². The van der Waals surface area contributed by atoms with E-state index in [2.05, 4.69) is 36.2 Å². The van der Waals surface area contributed by atoms with Crippen LogP contribution < -0.4 is 0 Å². The van der Waals surface area contributed by atoms with Gasteiger partial charge in [-0.15, -0.1) is 0 Å². The van der Waals surface area contributed by atoms with Gasteiger partial charge in [0, 0.05) is 11.8 Å². The summed E-state index contributed by atoms with van der Waals surface area (Å²) in [6.07, 6.45) is 2.93. The molecular weight excluding hydrogens is 170 g/mol. The van der Waals surface area contributed by atoms with Gasteiger partial charge in [-0.1, -0.05) is 37.3 Å². The second kappa shape index (κ2) is 4.05. The van der Waals surface area contributed by atoms with E-state index in [1.165, 1.54) is 11.1 Å². The molecule has 1 aromatic carbocycles. The van der Waals surface area contributed by atoms with Crippen LogP contribution in [0.1, 0.15) is 12.5 Å². The number of hydrogen-bond acceptors (Lipinski definition) is 1. The lowest BCUT2D eigenvalue weighted by Crippen LogP contribution is -1.86. The normalized spacial score (nSPS) is 10.1. The lowest BCUT2D eigenvalue weighted by Gasteiger charge is -2.02. The van der Waals surface area contributed by atoms with Gasteiger partial charge in [0.15, 0.2) is 0 Å². The lowest BCUT2D eigenvalue weighted by molar-refractivity contribution is 1.12. The highest BCUT2D eigenvalue weighted by molar-refractivity contribution is 5.59. The molecule has 0 atom stereocenters. The van der Waals surface area contributed by atoms with E-state index in [1.54, 1.807) is 0 Å². The molecule has 70 valence electrons. The highest BCUT2D eigenvalue weighted by atomic mass is 14.7. The van der Waals surface area contributed by atoms with Crippen molar-refractivity contribution in [1.82, 2.24) is 4.98 Å². The topological polar surface area (TPSA) is 12.9 Å². The summed E-state index contributed by atoms with van der Waals surface area (Å²) >= 11 is 0. The van der Waals surface area contributed by atoms with Crippen LogP contribution in [-0.4, -0.2) is 4.98 Å². The SMILES string of the molecule is CCc1ccnc(-c2ccccc2)c1. The molecular formula is C13H13N. The Bertz CT molecular complexity index is 407. The molecule has 0 saturated carbocycles. The fourth-order valence-electron chi connectivity index (χ4n) is 1.46. The molecule has 0 aliphatic rings. The maximum absolute atomic E-state index is 4.36.